The molecule has 0 aromatic rings. The van der Waals surface area contributed by atoms with Crippen molar-refractivity contribution in [3.8, 4) is 0 Å². The summed E-state index contributed by atoms with van der Waals surface area (Å²) >= 11 is -2.09. The number of allylic oxidation sites excluding steroid dienone is 12. The van der Waals surface area contributed by atoms with Crippen molar-refractivity contribution in [1.82, 2.24) is 0 Å². The van der Waals surface area contributed by atoms with Gasteiger partial charge in [-0.1, -0.05) is 0 Å². The van der Waals surface area contributed by atoms with Crippen LogP contribution in [0.5, 0.6) is 0 Å². The maximum absolute atomic E-state index is 2.48. The van der Waals surface area contributed by atoms with E-state index in [2.05, 4.69) is 83.1 Å². The molecular formula is C27H39Eu. The summed E-state index contributed by atoms with van der Waals surface area (Å²) in [6.07, 6.45) is 0. The normalized spacial score (nSPS) is 29.6. The quantitative estimate of drug-likeness (QED) is 0.354. The molecule has 3 aliphatic carbocycles. The van der Waals surface area contributed by atoms with Gasteiger partial charge in [-0.05, 0) is 0 Å². The summed E-state index contributed by atoms with van der Waals surface area (Å²) in [5, 5.41) is 0. The van der Waals surface area contributed by atoms with Crippen LogP contribution in [-0.2, 0) is 0 Å². The summed E-state index contributed by atoms with van der Waals surface area (Å²) < 4.78 is 5.56. The van der Waals surface area contributed by atoms with Crippen LogP contribution in [0, 0.1) is 60.0 Å². The Morgan fingerprint density at radius 1 is 0.393 bits per heavy atom. The third-order valence-electron chi connectivity index (χ3n) is 8.24. The van der Waals surface area contributed by atoms with Gasteiger partial charge in [0.25, 0.3) is 0 Å². The third kappa shape index (κ3) is 3.14. The van der Waals surface area contributed by atoms with Gasteiger partial charge in [0.15, 0.2) is 0 Å². The van der Waals surface area contributed by atoms with E-state index in [0.717, 1.165) is 0 Å². The van der Waals surface area contributed by atoms with Crippen LogP contribution in [-0.4, -0.2) is 0 Å². The first-order chi connectivity index (χ1) is 12.9. The van der Waals surface area contributed by atoms with Crippen LogP contribution in [0.4, 0.5) is 0 Å². The van der Waals surface area contributed by atoms with Gasteiger partial charge in [-0.15, -0.1) is 0 Å². The van der Waals surface area contributed by atoms with E-state index in [4.69, 9.17) is 0 Å². The molecule has 28 heavy (non-hydrogen) atoms. The fraction of sp³-hybridized carbons (Fsp3) is 0.556. The van der Waals surface area contributed by atoms with E-state index < -0.39 is 42.3 Å². The second-order valence-corrected chi connectivity index (χ2v) is 15.0. The molecule has 0 nitrogen and oxygen atoms in total. The van der Waals surface area contributed by atoms with E-state index in [9.17, 15) is 0 Å². The van der Waals surface area contributed by atoms with Gasteiger partial charge in [-0.25, -0.2) is 0 Å². The molecule has 3 atom stereocenters. The minimum absolute atomic E-state index is 0.617. The van der Waals surface area contributed by atoms with Gasteiger partial charge in [0.2, 0.25) is 0 Å². The Morgan fingerprint density at radius 3 is 0.750 bits per heavy atom. The molecule has 0 bridgehead atoms. The van der Waals surface area contributed by atoms with Crippen molar-refractivity contribution in [2.75, 3.05) is 0 Å². The van der Waals surface area contributed by atoms with Gasteiger partial charge >= 0.3 is 193 Å². The first-order valence-electron chi connectivity index (χ1n) is 10.8. The van der Waals surface area contributed by atoms with Crippen LogP contribution >= 0.6 is 0 Å². The zero-order valence-corrected chi connectivity index (χ0v) is 22.5. The Kier molecular flexibility index (Phi) is 6.43. The van der Waals surface area contributed by atoms with Gasteiger partial charge < -0.3 is 0 Å². The summed E-state index contributed by atoms with van der Waals surface area (Å²) in [6, 6.07) is 0. The Labute approximate surface area is 191 Å². The molecule has 1 heteroatoms. The fourth-order valence-electron chi connectivity index (χ4n) is 5.19. The van der Waals surface area contributed by atoms with E-state index >= 15 is 0 Å². The molecule has 0 aliphatic heterocycles. The Morgan fingerprint density at radius 2 is 0.607 bits per heavy atom. The second-order valence-electron chi connectivity index (χ2n) is 9.29. The van der Waals surface area contributed by atoms with Crippen LogP contribution < -0.4 is 0 Å². The number of rotatable bonds is 3. The standard InChI is InChI=1S/3C9H13.Eu/c3*1-6-5-7(2)9(4)8(6)3;/h3*6H,1-4H3;. The zero-order valence-electron chi connectivity index (χ0n) is 20.1. The van der Waals surface area contributed by atoms with Crippen LogP contribution in [0.25, 0.3) is 0 Å². The van der Waals surface area contributed by atoms with Gasteiger partial charge in [-0.2, -0.15) is 0 Å². The van der Waals surface area contributed by atoms with Crippen molar-refractivity contribution in [2.24, 2.45) is 17.8 Å². The van der Waals surface area contributed by atoms with Crippen molar-refractivity contribution in [2.45, 2.75) is 83.1 Å². The molecule has 0 radical (unpaired) electrons. The van der Waals surface area contributed by atoms with Crippen molar-refractivity contribution in [3.05, 3.63) is 50.1 Å². The molecule has 3 unspecified atom stereocenters. The Balaban J connectivity index is 2.29. The molecule has 3 aliphatic rings. The molecule has 0 aromatic carbocycles. The number of hydrogen-bond donors (Lipinski definition) is 0. The fourth-order valence-corrected chi connectivity index (χ4v) is 16.1. The zero-order chi connectivity index (χ0) is 21.2. The van der Waals surface area contributed by atoms with Crippen molar-refractivity contribution < 1.29 is 42.3 Å². The predicted octanol–water partition coefficient (Wildman–Crippen LogP) is 8.39. The van der Waals surface area contributed by atoms with Gasteiger partial charge in [-0.3, -0.25) is 0 Å². The monoisotopic (exact) mass is 516 g/mol. The first-order valence-corrected chi connectivity index (χ1v) is 14.4. The average molecular weight is 516 g/mol. The molecule has 3 rings (SSSR count). The molecule has 0 saturated carbocycles. The molecular weight excluding hydrogens is 476 g/mol. The van der Waals surface area contributed by atoms with Crippen LogP contribution in [0.2, 0.25) is 0 Å². The summed E-state index contributed by atoms with van der Waals surface area (Å²) in [7, 11) is 0. The van der Waals surface area contributed by atoms with E-state index in [1.807, 2.05) is -0.0981 Å². The van der Waals surface area contributed by atoms with E-state index in [-0.39, 0.29) is 0 Å². The van der Waals surface area contributed by atoms with E-state index in [1.165, 1.54) is 0 Å². The topological polar surface area (TPSA) is 0 Å². The average Bonchev–Trinajstić information content (AvgIpc) is 3.06. The van der Waals surface area contributed by atoms with E-state index in [1.54, 1.807) is 50.2 Å². The van der Waals surface area contributed by atoms with Crippen LogP contribution in [0.15, 0.2) is 50.1 Å². The van der Waals surface area contributed by atoms with Crippen LogP contribution in [0.1, 0.15) is 83.1 Å². The number of hydrogen-bond acceptors (Lipinski definition) is 0. The Hall–Kier alpha value is 0.0244. The third-order valence-corrected chi connectivity index (χ3v) is 18.0. The van der Waals surface area contributed by atoms with Crippen molar-refractivity contribution >= 4 is 0 Å². The summed E-state index contributed by atoms with van der Waals surface area (Å²) in [4.78, 5) is 0. The predicted molar refractivity (Wildman–Crippen MR) is 121 cm³/mol. The van der Waals surface area contributed by atoms with Crippen LogP contribution in [0.3, 0.4) is 0 Å². The van der Waals surface area contributed by atoms with Crippen molar-refractivity contribution in [3.63, 3.8) is 0 Å². The van der Waals surface area contributed by atoms with Crippen molar-refractivity contribution in [1.29, 1.82) is 0 Å². The molecule has 0 aromatic heterocycles. The minimum atomic E-state index is -2.09. The van der Waals surface area contributed by atoms with Gasteiger partial charge in [0.1, 0.15) is 0 Å². The second kappa shape index (κ2) is 7.94. The molecule has 0 fully saturated rings. The molecule has 0 heterocycles. The van der Waals surface area contributed by atoms with Gasteiger partial charge in [0, 0.05) is 0 Å². The molecule has 0 N–H and O–H groups in total. The maximum atomic E-state index is 2.48. The Bertz CT molecular complexity index is 815. The van der Waals surface area contributed by atoms with E-state index in [0.29, 0.717) is 17.8 Å². The first kappa shape index (κ1) is 22.7. The molecule has 0 saturated heterocycles. The summed E-state index contributed by atoms with van der Waals surface area (Å²) in [5.74, 6) is 1.85. The SMILES string of the molecule is CC1=C(C)C(C)[C]([Eu]([C]2=C(C)C(C)=C(C)C2C)[C]2=C(C)C(C)=C(C)C2C)=C1C. The summed E-state index contributed by atoms with van der Waals surface area (Å²) in [6.45, 7) is 28.9. The van der Waals surface area contributed by atoms with Gasteiger partial charge in [0.05, 0.1) is 0 Å². The molecule has 0 amide bonds. The molecule has 0 spiro atoms. The molecule has 154 valence electrons. The summed E-state index contributed by atoms with van der Waals surface area (Å²) in [5.41, 5.74) is 14.4.